The van der Waals surface area contributed by atoms with Gasteiger partial charge in [-0.2, -0.15) is 5.10 Å². The number of nitrogens with two attached hydrogens (primary N) is 1. The molecule has 0 aliphatic carbocycles. The molecule has 0 saturated carbocycles. The van der Waals surface area contributed by atoms with Crippen LogP contribution >= 0.6 is 0 Å². The van der Waals surface area contributed by atoms with E-state index in [4.69, 9.17) is 5.73 Å². The molecule has 2 aromatic rings. The van der Waals surface area contributed by atoms with Crippen molar-refractivity contribution in [3.05, 3.63) is 47.8 Å². The van der Waals surface area contributed by atoms with Gasteiger partial charge in [0.25, 0.3) is 5.91 Å². The van der Waals surface area contributed by atoms with E-state index in [0.717, 1.165) is 5.56 Å². The molecule has 1 heterocycles. The van der Waals surface area contributed by atoms with Crippen molar-refractivity contribution in [3.8, 4) is 0 Å². The van der Waals surface area contributed by atoms with Gasteiger partial charge in [0.1, 0.15) is 0 Å². The van der Waals surface area contributed by atoms with Gasteiger partial charge in [-0.25, -0.2) is 0 Å². The molecule has 2 amide bonds. The molecular formula is C15H18N4O2. The number of rotatable bonds is 6. The molecule has 0 atom stereocenters. The number of amides is 2. The van der Waals surface area contributed by atoms with Crippen molar-refractivity contribution in [2.24, 2.45) is 5.73 Å². The largest absolute Gasteiger partial charge is 0.364 e. The second-order valence-corrected chi connectivity index (χ2v) is 4.65. The zero-order valence-electron chi connectivity index (χ0n) is 11.9. The van der Waals surface area contributed by atoms with Crippen LogP contribution in [0.1, 0.15) is 29.4 Å². The molecule has 6 heteroatoms. The van der Waals surface area contributed by atoms with Gasteiger partial charge in [-0.1, -0.05) is 30.3 Å². The van der Waals surface area contributed by atoms with Crippen LogP contribution in [0.2, 0.25) is 0 Å². The van der Waals surface area contributed by atoms with Crippen LogP contribution in [0.15, 0.2) is 36.5 Å². The fourth-order valence-corrected chi connectivity index (χ4v) is 1.97. The van der Waals surface area contributed by atoms with Crippen molar-refractivity contribution in [2.45, 2.75) is 26.3 Å². The molecule has 1 aromatic heterocycles. The summed E-state index contributed by atoms with van der Waals surface area (Å²) in [6.07, 6.45) is 2.58. The highest BCUT2D eigenvalue weighted by atomic mass is 16.2. The van der Waals surface area contributed by atoms with Gasteiger partial charge in [0, 0.05) is 19.2 Å². The van der Waals surface area contributed by atoms with Gasteiger partial charge in [0.15, 0.2) is 5.69 Å². The molecule has 1 aromatic carbocycles. The van der Waals surface area contributed by atoms with Crippen molar-refractivity contribution in [2.75, 3.05) is 5.32 Å². The van der Waals surface area contributed by atoms with Crippen LogP contribution < -0.4 is 11.1 Å². The zero-order valence-corrected chi connectivity index (χ0v) is 11.9. The molecule has 110 valence electrons. The van der Waals surface area contributed by atoms with Crippen molar-refractivity contribution in [1.29, 1.82) is 0 Å². The summed E-state index contributed by atoms with van der Waals surface area (Å²) in [5.41, 5.74) is 6.80. The van der Waals surface area contributed by atoms with Crippen LogP contribution in [0.5, 0.6) is 0 Å². The van der Waals surface area contributed by atoms with E-state index in [1.54, 1.807) is 10.9 Å². The molecule has 0 saturated heterocycles. The number of nitrogens with one attached hydrogen (secondary N) is 1. The molecule has 0 bridgehead atoms. The van der Waals surface area contributed by atoms with Gasteiger partial charge in [-0.15, -0.1) is 0 Å². The predicted molar refractivity (Wildman–Crippen MR) is 79.8 cm³/mol. The molecule has 21 heavy (non-hydrogen) atoms. The summed E-state index contributed by atoms with van der Waals surface area (Å²) in [4.78, 5) is 23.3. The first kappa shape index (κ1) is 14.8. The van der Waals surface area contributed by atoms with Crippen molar-refractivity contribution < 1.29 is 9.59 Å². The summed E-state index contributed by atoms with van der Waals surface area (Å²) >= 11 is 0. The van der Waals surface area contributed by atoms with E-state index in [1.165, 1.54) is 0 Å². The number of carbonyl (C=O) groups is 2. The third-order valence-corrected chi connectivity index (χ3v) is 3.08. The maximum atomic E-state index is 12.0. The maximum Gasteiger partial charge on any atom is 0.271 e. The Balaban J connectivity index is 1.99. The van der Waals surface area contributed by atoms with Gasteiger partial charge in [-0.05, 0) is 18.9 Å². The highest BCUT2D eigenvalue weighted by molar-refractivity contribution is 6.01. The third kappa shape index (κ3) is 3.92. The number of aryl methyl sites for hydroxylation is 2. The summed E-state index contributed by atoms with van der Waals surface area (Å²) < 4.78 is 1.56. The van der Waals surface area contributed by atoms with Crippen LogP contribution in [0.4, 0.5) is 5.69 Å². The average molecular weight is 286 g/mol. The van der Waals surface area contributed by atoms with Crippen molar-refractivity contribution in [1.82, 2.24) is 9.78 Å². The Hall–Kier alpha value is -2.63. The summed E-state index contributed by atoms with van der Waals surface area (Å²) in [7, 11) is 0. The monoisotopic (exact) mass is 286 g/mol. The number of carbonyl (C=O) groups excluding carboxylic acids is 2. The number of aromatic nitrogens is 2. The molecule has 0 aliphatic heterocycles. The second kappa shape index (κ2) is 6.69. The molecule has 0 unspecified atom stereocenters. The van der Waals surface area contributed by atoms with Gasteiger partial charge < -0.3 is 11.1 Å². The molecule has 6 nitrogen and oxygen atoms in total. The summed E-state index contributed by atoms with van der Waals surface area (Å²) in [6, 6.07) is 9.74. The van der Waals surface area contributed by atoms with Gasteiger partial charge >= 0.3 is 0 Å². The lowest BCUT2D eigenvalue weighted by atomic mass is 10.1. The first-order chi connectivity index (χ1) is 10.1. The Kier molecular flexibility index (Phi) is 4.71. The Morgan fingerprint density at radius 3 is 2.62 bits per heavy atom. The third-order valence-electron chi connectivity index (χ3n) is 3.08. The highest BCUT2D eigenvalue weighted by Gasteiger charge is 2.15. The van der Waals surface area contributed by atoms with E-state index in [0.29, 0.717) is 25.1 Å². The molecule has 2 rings (SSSR count). The fourth-order valence-electron chi connectivity index (χ4n) is 1.97. The average Bonchev–Trinajstić information content (AvgIpc) is 2.89. The quantitative estimate of drug-likeness (QED) is 0.844. The minimum absolute atomic E-state index is 0.0879. The van der Waals surface area contributed by atoms with Crippen molar-refractivity contribution >= 4 is 17.5 Å². The lowest BCUT2D eigenvalue weighted by molar-refractivity contribution is -0.116. The smallest absolute Gasteiger partial charge is 0.271 e. The lowest BCUT2D eigenvalue weighted by Gasteiger charge is -2.04. The predicted octanol–water partition coefficient (Wildman–Crippen LogP) is 1.57. The molecule has 0 aliphatic rings. The van der Waals surface area contributed by atoms with Gasteiger partial charge in [0.05, 0.1) is 5.69 Å². The summed E-state index contributed by atoms with van der Waals surface area (Å²) in [5.74, 6) is -0.822. The van der Waals surface area contributed by atoms with Crippen molar-refractivity contribution in [3.63, 3.8) is 0 Å². The molecule has 0 radical (unpaired) electrons. The standard InChI is InChI=1S/C15H18N4O2/c1-2-19-10-12(14(18-19)15(16)21)17-13(20)9-8-11-6-4-3-5-7-11/h3-7,10H,2,8-9H2,1H3,(H2,16,21)(H,17,20). The minimum atomic E-state index is -0.652. The first-order valence-corrected chi connectivity index (χ1v) is 6.81. The Labute approximate surface area is 122 Å². The number of anilines is 1. The Morgan fingerprint density at radius 2 is 2.00 bits per heavy atom. The molecule has 0 fully saturated rings. The summed E-state index contributed by atoms with van der Waals surface area (Å²) in [5, 5.41) is 6.72. The number of hydrogen-bond donors (Lipinski definition) is 2. The van der Waals surface area contributed by atoms with E-state index in [9.17, 15) is 9.59 Å². The number of nitrogens with zero attached hydrogens (tertiary/aromatic N) is 2. The van der Waals surface area contributed by atoms with Gasteiger partial charge in [-0.3, -0.25) is 14.3 Å². The first-order valence-electron chi connectivity index (χ1n) is 6.81. The minimum Gasteiger partial charge on any atom is -0.364 e. The number of benzene rings is 1. The fraction of sp³-hybridized carbons (Fsp3) is 0.267. The van der Waals surface area contributed by atoms with E-state index in [1.807, 2.05) is 37.3 Å². The van der Waals surface area contributed by atoms with E-state index >= 15 is 0 Å². The van der Waals surface area contributed by atoms with Crippen LogP contribution in [0, 0.1) is 0 Å². The molecular weight excluding hydrogens is 268 g/mol. The second-order valence-electron chi connectivity index (χ2n) is 4.65. The Bertz CT molecular complexity index is 634. The molecule has 0 spiro atoms. The van der Waals surface area contributed by atoms with Gasteiger partial charge in [0.2, 0.25) is 5.91 Å². The number of primary amides is 1. The molecule has 3 N–H and O–H groups in total. The Morgan fingerprint density at radius 1 is 1.29 bits per heavy atom. The SMILES string of the molecule is CCn1cc(NC(=O)CCc2ccccc2)c(C(N)=O)n1. The van der Waals surface area contributed by atoms with Crippen LogP contribution in [-0.2, 0) is 17.8 Å². The van der Waals surface area contributed by atoms with E-state index < -0.39 is 5.91 Å². The summed E-state index contributed by atoms with van der Waals surface area (Å²) in [6.45, 7) is 2.49. The number of hydrogen-bond acceptors (Lipinski definition) is 3. The zero-order chi connectivity index (χ0) is 15.2. The normalized spacial score (nSPS) is 10.3. The maximum absolute atomic E-state index is 12.0. The topological polar surface area (TPSA) is 90.0 Å². The van der Waals surface area contributed by atoms with E-state index in [-0.39, 0.29) is 11.6 Å². The van der Waals surface area contributed by atoms with Crippen LogP contribution in [0.3, 0.4) is 0 Å². The highest BCUT2D eigenvalue weighted by Crippen LogP contribution is 2.14. The lowest BCUT2D eigenvalue weighted by Crippen LogP contribution is -2.18. The van der Waals surface area contributed by atoms with E-state index in [2.05, 4.69) is 10.4 Å². The van der Waals surface area contributed by atoms with Crippen LogP contribution in [-0.4, -0.2) is 21.6 Å². The van der Waals surface area contributed by atoms with Crippen LogP contribution in [0.25, 0.3) is 0 Å².